The zero-order chi connectivity index (χ0) is 14.5. The second-order valence-corrected chi connectivity index (χ2v) is 4.76. The van der Waals surface area contributed by atoms with Gasteiger partial charge in [0, 0.05) is 18.3 Å². The van der Waals surface area contributed by atoms with Gasteiger partial charge in [-0.2, -0.15) is 0 Å². The molecule has 0 aliphatic rings. The molecule has 0 aliphatic heterocycles. The minimum absolute atomic E-state index is 0.263. The molecule has 1 aromatic heterocycles. The number of hydrogen-bond acceptors (Lipinski definition) is 3. The first-order chi connectivity index (χ1) is 9.60. The molecule has 106 valence electrons. The van der Waals surface area contributed by atoms with Crippen LogP contribution in [0.2, 0.25) is 0 Å². The van der Waals surface area contributed by atoms with Crippen molar-refractivity contribution in [2.24, 2.45) is 0 Å². The third-order valence-electron chi connectivity index (χ3n) is 3.01. The summed E-state index contributed by atoms with van der Waals surface area (Å²) in [5.41, 5.74) is 2.83. The van der Waals surface area contributed by atoms with Crippen LogP contribution in [-0.2, 0) is 6.54 Å². The van der Waals surface area contributed by atoms with Crippen molar-refractivity contribution >= 4 is 0 Å². The van der Waals surface area contributed by atoms with Gasteiger partial charge in [0.25, 0.3) is 0 Å². The summed E-state index contributed by atoms with van der Waals surface area (Å²) in [7, 11) is 0. The van der Waals surface area contributed by atoms with Crippen molar-refractivity contribution in [1.82, 2.24) is 10.3 Å². The Hall–Kier alpha value is -1.94. The van der Waals surface area contributed by atoms with Gasteiger partial charge in [-0.25, -0.2) is 9.37 Å². The van der Waals surface area contributed by atoms with Crippen LogP contribution in [-0.4, -0.2) is 11.5 Å². The van der Waals surface area contributed by atoms with Gasteiger partial charge in [-0.15, -0.1) is 0 Å². The number of rotatable bonds is 5. The minimum Gasteiger partial charge on any atom is -0.438 e. The number of benzene rings is 1. The molecule has 0 saturated carbocycles. The van der Waals surface area contributed by atoms with Crippen molar-refractivity contribution in [2.75, 3.05) is 6.54 Å². The molecule has 1 aromatic carbocycles. The van der Waals surface area contributed by atoms with E-state index in [-0.39, 0.29) is 5.82 Å². The van der Waals surface area contributed by atoms with E-state index in [1.54, 1.807) is 12.3 Å². The number of hydrogen-bond donors (Lipinski definition) is 1. The number of halogens is 1. The third-order valence-corrected chi connectivity index (χ3v) is 3.01. The molecular weight excluding hydrogens is 255 g/mol. The highest BCUT2D eigenvalue weighted by Gasteiger charge is 2.07. The number of pyridine rings is 1. The summed E-state index contributed by atoms with van der Waals surface area (Å²) < 4.78 is 18.8. The second kappa shape index (κ2) is 6.48. The summed E-state index contributed by atoms with van der Waals surface area (Å²) in [6.07, 6.45) is 1.80. The summed E-state index contributed by atoms with van der Waals surface area (Å²) in [6.45, 7) is 7.55. The molecule has 0 amide bonds. The summed E-state index contributed by atoms with van der Waals surface area (Å²) in [5, 5.41) is 3.25. The fraction of sp³-hybridized carbons (Fsp3) is 0.312. The summed E-state index contributed by atoms with van der Waals surface area (Å²) in [4.78, 5) is 4.33. The lowest BCUT2D eigenvalue weighted by atomic mass is 10.2. The second-order valence-electron chi connectivity index (χ2n) is 4.76. The van der Waals surface area contributed by atoms with Crippen molar-refractivity contribution in [1.29, 1.82) is 0 Å². The van der Waals surface area contributed by atoms with Crippen molar-refractivity contribution in [2.45, 2.75) is 27.3 Å². The number of aryl methyl sites for hydroxylation is 2. The van der Waals surface area contributed by atoms with E-state index in [4.69, 9.17) is 4.74 Å². The van der Waals surface area contributed by atoms with Crippen LogP contribution in [0.25, 0.3) is 0 Å². The molecule has 3 nitrogen and oxygen atoms in total. The van der Waals surface area contributed by atoms with Crippen LogP contribution in [0.3, 0.4) is 0 Å². The Morgan fingerprint density at radius 3 is 2.65 bits per heavy atom. The normalized spacial score (nSPS) is 10.6. The van der Waals surface area contributed by atoms with Gasteiger partial charge in [0.15, 0.2) is 0 Å². The van der Waals surface area contributed by atoms with Crippen molar-refractivity contribution < 1.29 is 9.13 Å². The average molecular weight is 274 g/mol. The molecule has 0 bridgehead atoms. The molecule has 2 rings (SSSR count). The Kier molecular flexibility index (Phi) is 4.69. The Bertz CT molecular complexity index is 599. The largest absolute Gasteiger partial charge is 0.438 e. The maximum Gasteiger partial charge on any atom is 0.222 e. The lowest BCUT2D eigenvalue weighted by molar-refractivity contribution is 0.453. The van der Waals surface area contributed by atoms with Gasteiger partial charge >= 0.3 is 0 Å². The van der Waals surface area contributed by atoms with Crippen LogP contribution in [0.4, 0.5) is 4.39 Å². The fourth-order valence-electron chi connectivity index (χ4n) is 1.92. The number of nitrogens with one attached hydrogen (secondary N) is 1. The zero-order valence-electron chi connectivity index (χ0n) is 12.0. The highest BCUT2D eigenvalue weighted by atomic mass is 19.1. The van der Waals surface area contributed by atoms with Crippen LogP contribution < -0.4 is 10.1 Å². The highest BCUT2D eigenvalue weighted by molar-refractivity contribution is 5.38. The van der Waals surface area contributed by atoms with Crippen LogP contribution in [0.15, 0.2) is 30.5 Å². The predicted octanol–water partition coefficient (Wildman–Crippen LogP) is 3.74. The molecule has 1 N–H and O–H groups in total. The molecule has 0 fully saturated rings. The SMILES string of the molecule is CCNCc1cnc(Oc2ccc(F)cc2C)c(C)c1. The summed E-state index contributed by atoms with van der Waals surface area (Å²) in [5.74, 6) is 0.918. The Balaban J connectivity index is 2.17. The summed E-state index contributed by atoms with van der Waals surface area (Å²) >= 11 is 0. The van der Waals surface area contributed by atoms with Crippen LogP contribution >= 0.6 is 0 Å². The lowest BCUT2D eigenvalue weighted by Gasteiger charge is -2.11. The number of aromatic nitrogens is 1. The predicted molar refractivity (Wildman–Crippen MR) is 77.6 cm³/mol. The first-order valence-electron chi connectivity index (χ1n) is 6.70. The van der Waals surface area contributed by atoms with E-state index in [9.17, 15) is 4.39 Å². The summed E-state index contributed by atoms with van der Waals surface area (Å²) in [6, 6.07) is 6.50. The molecule has 4 heteroatoms. The molecule has 0 saturated heterocycles. The fourth-order valence-corrected chi connectivity index (χ4v) is 1.92. The Morgan fingerprint density at radius 2 is 2.00 bits per heavy atom. The van der Waals surface area contributed by atoms with Gasteiger partial charge in [-0.3, -0.25) is 0 Å². The molecule has 1 heterocycles. The van der Waals surface area contributed by atoms with E-state index in [2.05, 4.69) is 17.2 Å². The van der Waals surface area contributed by atoms with Crippen molar-refractivity contribution in [3.8, 4) is 11.6 Å². The highest BCUT2D eigenvalue weighted by Crippen LogP contribution is 2.26. The maximum atomic E-state index is 13.1. The quantitative estimate of drug-likeness (QED) is 0.902. The number of nitrogens with zero attached hydrogens (tertiary/aromatic N) is 1. The van der Waals surface area contributed by atoms with Crippen LogP contribution in [0.1, 0.15) is 23.6 Å². The minimum atomic E-state index is -0.263. The van der Waals surface area contributed by atoms with Crippen LogP contribution in [0.5, 0.6) is 11.6 Å². The zero-order valence-corrected chi connectivity index (χ0v) is 12.0. The van der Waals surface area contributed by atoms with E-state index >= 15 is 0 Å². The number of ether oxygens (including phenoxy) is 1. The van der Waals surface area contributed by atoms with E-state index in [1.165, 1.54) is 12.1 Å². The molecule has 0 unspecified atom stereocenters. The molecule has 0 radical (unpaired) electrons. The monoisotopic (exact) mass is 274 g/mol. The van der Waals surface area contributed by atoms with Gasteiger partial charge in [0.2, 0.25) is 5.88 Å². The standard InChI is InChI=1S/C16H19FN2O/c1-4-18-9-13-7-12(3)16(19-10-13)20-15-6-5-14(17)8-11(15)2/h5-8,10,18H,4,9H2,1-3H3. The Labute approximate surface area is 118 Å². The smallest absolute Gasteiger partial charge is 0.222 e. The maximum absolute atomic E-state index is 13.1. The lowest BCUT2D eigenvalue weighted by Crippen LogP contribution is -2.12. The first-order valence-corrected chi connectivity index (χ1v) is 6.70. The van der Waals surface area contributed by atoms with Crippen LogP contribution in [0, 0.1) is 19.7 Å². The molecule has 0 atom stereocenters. The Morgan fingerprint density at radius 1 is 1.20 bits per heavy atom. The van der Waals surface area contributed by atoms with Gasteiger partial charge < -0.3 is 10.1 Å². The van der Waals surface area contributed by atoms with Gasteiger partial charge in [0.05, 0.1) is 0 Å². The first kappa shape index (κ1) is 14.5. The van der Waals surface area contributed by atoms with E-state index in [1.807, 2.05) is 19.9 Å². The third kappa shape index (κ3) is 3.54. The molecule has 20 heavy (non-hydrogen) atoms. The average Bonchev–Trinajstić information content (AvgIpc) is 2.42. The molecule has 2 aromatic rings. The van der Waals surface area contributed by atoms with E-state index in [0.717, 1.165) is 29.8 Å². The van der Waals surface area contributed by atoms with E-state index < -0.39 is 0 Å². The molecule has 0 aliphatic carbocycles. The molecule has 0 spiro atoms. The molecular formula is C16H19FN2O. The van der Waals surface area contributed by atoms with Crippen molar-refractivity contribution in [3.05, 3.63) is 53.0 Å². The van der Waals surface area contributed by atoms with Gasteiger partial charge in [-0.05, 0) is 55.8 Å². The topological polar surface area (TPSA) is 34.2 Å². The van der Waals surface area contributed by atoms with E-state index in [0.29, 0.717) is 11.6 Å². The van der Waals surface area contributed by atoms with Gasteiger partial charge in [0.1, 0.15) is 11.6 Å². The van der Waals surface area contributed by atoms with Crippen molar-refractivity contribution in [3.63, 3.8) is 0 Å². The van der Waals surface area contributed by atoms with Gasteiger partial charge in [-0.1, -0.05) is 6.92 Å².